The van der Waals surface area contributed by atoms with Gasteiger partial charge in [0.15, 0.2) is 11.3 Å². The first-order chi connectivity index (χ1) is 10.1. The Hall–Kier alpha value is -2.63. The van der Waals surface area contributed by atoms with Gasteiger partial charge in [0.1, 0.15) is 5.52 Å². The van der Waals surface area contributed by atoms with Gasteiger partial charge in [-0.15, -0.1) is 0 Å². The van der Waals surface area contributed by atoms with E-state index in [1.54, 1.807) is 0 Å². The lowest BCUT2D eigenvalue weighted by atomic mass is 10.1. The molecular weight excluding hydrogens is 264 g/mol. The number of aromatic amines is 1. The quantitative estimate of drug-likeness (QED) is 0.684. The first-order valence-electron chi connectivity index (χ1n) is 6.94. The highest BCUT2D eigenvalue weighted by atomic mass is 15.2. The molecule has 0 aliphatic heterocycles. The summed E-state index contributed by atoms with van der Waals surface area (Å²) in [7, 11) is 0. The molecule has 0 aliphatic rings. The standard InChI is InChI=1S/C15H18N6/c1-9(2)11-12-13(21-20-11)14(19-15(16)18-12)17-8-10-6-4-3-5-7-10/h3-7,9H,8H2,1-2H3,(H,20,21)(H3,16,17,18,19). The van der Waals surface area contributed by atoms with Gasteiger partial charge in [-0.3, -0.25) is 5.10 Å². The van der Waals surface area contributed by atoms with Crippen LogP contribution in [0.5, 0.6) is 0 Å². The number of nitrogen functional groups attached to an aromatic ring is 1. The summed E-state index contributed by atoms with van der Waals surface area (Å²) in [5, 5.41) is 10.6. The summed E-state index contributed by atoms with van der Waals surface area (Å²) in [6.45, 7) is 4.83. The Morgan fingerprint density at radius 3 is 2.62 bits per heavy atom. The maximum absolute atomic E-state index is 5.82. The Bertz CT molecular complexity index is 747. The molecule has 0 amide bonds. The van der Waals surface area contributed by atoms with Gasteiger partial charge in [0.05, 0.1) is 5.69 Å². The molecule has 0 unspecified atom stereocenters. The highest BCUT2D eigenvalue weighted by Crippen LogP contribution is 2.26. The van der Waals surface area contributed by atoms with Gasteiger partial charge in [0.2, 0.25) is 5.95 Å². The molecule has 21 heavy (non-hydrogen) atoms. The monoisotopic (exact) mass is 282 g/mol. The summed E-state index contributed by atoms with van der Waals surface area (Å²) in [5.74, 6) is 1.21. The second-order valence-corrected chi connectivity index (χ2v) is 5.26. The van der Waals surface area contributed by atoms with Crippen LogP contribution in [0.1, 0.15) is 31.0 Å². The van der Waals surface area contributed by atoms with E-state index in [1.165, 1.54) is 5.56 Å². The average Bonchev–Trinajstić information content (AvgIpc) is 2.89. The molecule has 108 valence electrons. The molecule has 6 heteroatoms. The number of aromatic nitrogens is 4. The summed E-state index contributed by atoms with van der Waals surface area (Å²) in [4.78, 5) is 8.57. The van der Waals surface area contributed by atoms with Gasteiger partial charge in [-0.25, -0.2) is 4.98 Å². The van der Waals surface area contributed by atoms with Crippen LogP contribution in [-0.4, -0.2) is 20.2 Å². The SMILES string of the molecule is CC(C)c1[nH]nc2c(NCc3ccccc3)nc(N)nc12. The van der Waals surface area contributed by atoms with Gasteiger partial charge in [-0.2, -0.15) is 10.1 Å². The van der Waals surface area contributed by atoms with Gasteiger partial charge in [0, 0.05) is 6.54 Å². The molecule has 6 nitrogen and oxygen atoms in total. The third kappa shape index (κ3) is 2.65. The number of nitrogens with one attached hydrogen (secondary N) is 2. The number of nitrogens with zero attached hydrogens (tertiary/aromatic N) is 3. The van der Waals surface area contributed by atoms with Crippen LogP contribution >= 0.6 is 0 Å². The van der Waals surface area contributed by atoms with Crippen LogP contribution in [0.3, 0.4) is 0 Å². The fourth-order valence-corrected chi connectivity index (χ4v) is 2.24. The van der Waals surface area contributed by atoms with E-state index in [4.69, 9.17) is 5.73 Å². The average molecular weight is 282 g/mol. The smallest absolute Gasteiger partial charge is 0.222 e. The molecule has 0 saturated heterocycles. The molecule has 1 aromatic carbocycles. The number of hydrogen-bond donors (Lipinski definition) is 3. The predicted octanol–water partition coefficient (Wildman–Crippen LogP) is 2.67. The molecule has 2 heterocycles. The molecule has 0 radical (unpaired) electrons. The number of rotatable bonds is 4. The lowest BCUT2D eigenvalue weighted by molar-refractivity contribution is 0.815. The van der Waals surface area contributed by atoms with Gasteiger partial charge in [-0.05, 0) is 11.5 Å². The van der Waals surface area contributed by atoms with Crippen molar-refractivity contribution in [2.45, 2.75) is 26.3 Å². The minimum atomic E-state index is 0.251. The van der Waals surface area contributed by atoms with Crippen LogP contribution in [0.25, 0.3) is 11.0 Å². The van der Waals surface area contributed by atoms with E-state index in [1.807, 2.05) is 18.2 Å². The summed E-state index contributed by atoms with van der Waals surface area (Å²) in [6, 6.07) is 10.1. The van der Waals surface area contributed by atoms with Crippen molar-refractivity contribution in [2.75, 3.05) is 11.1 Å². The zero-order valence-electron chi connectivity index (χ0n) is 12.1. The Morgan fingerprint density at radius 1 is 1.14 bits per heavy atom. The number of nitrogens with two attached hydrogens (primary N) is 1. The first-order valence-corrected chi connectivity index (χ1v) is 6.94. The third-order valence-corrected chi connectivity index (χ3v) is 3.32. The largest absolute Gasteiger partial charge is 0.368 e. The summed E-state index contributed by atoms with van der Waals surface area (Å²) in [5.41, 5.74) is 9.47. The lowest BCUT2D eigenvalue weighted by Gasteiger charge is -2.07. The Balaban J connectivity index is 1.95. The van der Waals surface area contributed by atoms with Crippen molar-refractivity contribution in [3.05, 3.63) is 41.6 Å². The number of hydrogen-bond acceptors (Lipinski definition) is 5. The van der Waals surface area contributed by atoms with Crippen LogP contribution < -0.4 is 11.1 Å². The summed E-state index contributed by atoms with van der Waals surface area (Å²) < 4.78 is 0. The molecule has 0 bridgehead atoms. The van der Waals surface area contributed by atoms with Crippen molar-refractivity contribution in [1.82, 2.24) is 20.2 Å². The van der Waals surface area contributed by atoms with Crippen molar-refractivity contribution in [3.8, 4) is 0 Å². The highest BCUT2D eigenvalue weighted by Gasteiger charge is 2.15. The molecule has 3 aromatic rings. The van der Waals surface area contributed by atoms with Crippen LogP contribution in [0.15, 0.2) is 30.3 Å². The second-order valence-electron chi connectivity index (χ2n) is 5.26. The molecule has 4 N–H and O–H groups in total. The van der Waals surface area contributed by atoms with Crippen LogP contribution in [0.4, 0.5) is 11.8 Å². The molecule has 2 aromatic heterocycles. The number of fused-ring (bicyclic) bond motifs is 1. The number of anilines is 2. The van der Waals surface area contributed by atoms with Crippen LogP contribution in [0.2, 0.25) is 0 Å². The van der Waals surface area contributed by atoms with E-state index in [0.29, 0.717) is 18.3 Å². The summed E-state index contributed by atoms with van der Waals surface area (Å²) in [6.07, 6.45) is 0. The highest BCUT2D eigenvalue weighted by molar-refractivity contribution is 5.88. The number of H-pyrrole nitrogens is 1. The molecule has 3 rings (SSSR count). The molecule has 0 saturated carbocycles. The minimum Gasteiger partial charge on any atom is -0.368 e. The van der Waals surface area contributed by atoms with Crippen molar-refractivity contribution in [1.29, 1.82) is 0 Å². The first kappa shape index (κ1) is 13.4. The van der Waals surface area contributed by atoms with E-state index in [2.05, 4.69) is 51.5 Å². The third-order valence-electron chi connectivity index (χ3n) is 3.32. The zero-order chi connectivity index (χ0) is 14.8. The Labute approximate surface area is 122 Å². The maximum Gasteiger partial charge on any atom is 0.222 e. The van der Waals surface area contributed by atoms with E-state index in [9.17, 15) is 0 Å². The zero-order valence-corrected chi connectivity index (χ0v) is 12.1. The van der Waals surface area contributed by atoms with Gasteiger partial charge < -0.3 is 11.1 Å². The topological polar surface area (TPSA) is 92.5 Å². The normalized spacial score (nSPS) is 11.2. The molecule has 0 fully saturated rings. The lowest BCUT2D eigenvalue weighted by Crippen LogP contribution is -2.05. The van der Waals surface area contributed by atoms with E-state index in [-0.39, 0.29) is 5.95 Å². The van der Waals surface area contributed by atoms with Gasteiger partial charge in [0.25, 0.3) is 0 Å². The second kappa shape index (κ2) is 5.40. The summed E-state index contributed by atoms with van der Waals surface area (Å²) >= 11 is 0. The van der Waals surface area contributed by atoms with Crippen LogP contribution in [0, 0.1) is 0 Å². The number of benzene rings is 1. The molecule has 0 atom stereocenters. The van der Waals surface area contributed by atoms with Crippen molar-refractivity contribution in [2.24, 2.45) is 0 Å². The minimum absolute atomic E-state index is 0.251. The van der Waals surface area contributed by atoms with E-state index in [0.717, 1.165) is 16.7 Å². The Morgan fingerprint density at radius 2 is 1.90 bits per heavy atom. The Kier molecular flexibility index (Phi) is 3.43. The fourth-order valence-electron chi connectivity index (χ4n) is 2.24. The fraction of sp³-hybridized carbons (Fsp3) is 0.267. The van der Waals surface area contributed by atoms with Gasteiger partial charge >= 0.3 is 0 Å². The van der Waals surface area contributed by atoms with E-state index >= 15 is 0 Å². The van der Waals surface area contributed by atoms with E-state index < -0.39 is 0 Å². The predicted molar refractivity (Wildman–Crippen MR) is 84.0 cm³/mol. The van der Waals surface area contributed by atoms with Crippen molar-refractivity contribution in [3.63, 3.8) is 0 Å². The molecule has 0 spiro atoms. The maximum atomic E-state index is 5.82. The molecular formula is C15H18N6. The molecule has 0 aliphatic carbocycles. The van der Waals surface area contributed by atoms with Crippen molar-refractivity contribution < 1.29 is 0 Å². The van der Waals surface area contributed by atoms with Crippen LogP contribution in [-0.2, 0) is 6.54 Å². The van der Waals surface area contributed by atoms with Crippen molar-refractivity contribution >= 4 is 22.8 Å². The van der Waals surface area contributed by atoms with Gasteiger partial charge in [-0.1, -0.05) is 44.2 Å².